The average Bonchev–Trinajstić information content (AvgIpc) is 2.70. The molecule has 0 radical (unpaired) electrons. The van der Waals surface area contributed by atoms with Gasteiger partial charge in [0.05, 0.1) is 22.4 Å². The lowest BCUT2D eigenvalue weighted by Gasteiger charge is -2.04. The van der Waals surface area contributed by atoms with Gasteiger partial charge >= 0.3 is 5.97 Å². The highest BCUT2D eigenvalue weighted by molar-refractivity contribution is 6.33. The van der Waals surface area contributed by atoms with Crippen LogP contribution in [0.4, 0.5) is 0 Å². The Morgan fingerprint density at radius 1 is 0.889 bits per heavy atom. The summed E-state index contributed by atoms with van der Waals surface area (Å²) in [7, 11) is 0. The van der Waals surface area contributed by atoms with Crippen LogP contribution in [0.3, 0.4) is 0 Å². The number of esters is 1. The molecule has 1 amide bonds. The predicted molar refractivity (Wildman–Crippen MR) is 104 cm³/mol. The van der Waals surface area contributed by atoms with Gasteiger partial charge in [-0.25, -0.2) is 10.2 Å². The van der Waals surface area contributed by atoms with E-state index in [1.807, 2.05) is 6.07 Å². The van der Waals surface area contributed by atoms with Crippen LogP contribution in [0, 0.1) is 0 Å². The molecule has 0 spiro atoms. The lowest BCUT2D eigenvalue weighted by Crippen LogP contribution is -2.17. The molecule has 0 aliphatic carbocycles. The zero-order valence-electron chi connectivity index (χ0n) is 14.1. The van der Waals surface area contributed by atoms with E-state index in [2.05, 4.69) is 10.5 Å². The minimum Gasteiger partial charge on any atom is -0.423 e. The quantitative estimate of drug-likeness (QED) is 0.311. The third-order valence-electron chi connectivity index (χ3n) is 3.60. The van der Waals surface area contributed by atoms with Gasteiger partial charge in [-0.05, 0) is 54.1 Å². The molecule has 3 aromatic carbocycles. The number of carbonyl (C=O) groups is 2. The molecular formula is C21H15ClN2O3. The van der Waals surface area contributed by atoms with Crippen LogP contribution in [0.15, 0.2) is 84.0 Å². The Bertz CT molecular complexity index is 970. The maximum atomic E-state index is 12.0. The summed E-state index contributed by atoms with van der Waals surface area (Å²) in [5, 5.41) is 4.26. The number of nitrogens with zero attached hydrogens (tertiary/aromatic N) is 1. The Morgan fingerprint density at radius 3 is 2.26 bits per heavy atom. The van der Waals surface area contributed by atoms with Gasteiger partial charge < -0.3 is 4.74 Å². The fraction of sp³-hybridized carbons (Fsp3) is 0. The molecular weight excluding hydrogens is 364 g/mol. The van der Waals surface area contributed by atoms with E-state index in [1.54, 1.807) is 72.8 Å². The highest BCUT2D eigenvalue weighted by Crippen LogP contribution is 2.15. The van der Waals surface area contributed by atoms with Crippen molar-refractivity contribution >= 4 is 29.7 Å². The molecule has 5 nitrogen and oxygen atoms in total. The predicted octanol–water partition coefficient (Wildman–Crippen LogP) is 4.32. The molecule has 0 aliphatic rings. The largest absolute Gasteiger partial charge is 0.423 e. The summed E-state index contributed by atoms with van der Waals surface area (Å²) in [5.74, 6) is -0.407. The number of carbonyl (C=O) groups excluding carboxylic acids is 2. The molecule has 3 rings (SSSR count). The Hall–Kier alpha value is -3.44. The molecule has 0 aromatic heterocycles. The molecule has 3 aromatic rings. The van der Waals surface area contributed by atoms with Crippen LogP contribution < -0.4 is 10.2 Å². The average molecular weight is 379 g/mol. The van der Waals surface area contributed by atoms with Crippen molar-refractivity contribution in [2.45, 2.75) is 0 Å². The first-order valence-corrected chi connectivity index (χ1v) is 8.46. The normalized spacial score (nSPS) is 10.6. The number of rotatable bonds is 5. The van der Waals surface area contributed by atoms with Gasteiger partial charge in [0.25, 0.3) is 5.91 Å². The molecule has 0 atom stereocenters. The molecule has 0 heterocycles. The summed E-state index contributed by atoms with van der Waals surface area (Å²) in [6, 6.07) is 22.2. The Balaban J connectivity index is 1.57. The number of benzene rings is 3. The third-order valence-corrected chi connectivity index (χ3v) is 3.93. The second-order valence-corrected chi connectivity index (χ2v) is 5.91. The second-order valence-electron chi connectivity index (χ2n) is 5.50. The van der Waals surface area contributed by atoms with Gasteiger partial charge in [-0.1, -0.05) is 41.9 Å². The number of ether oxygens (including phenoxy) is 1. The number of hydrogen-bond donors (Lipinski definition) is 1. The molecule has 27 heavy (non-hydrogen) atoms. The van der Waals surface area contributed by atoms with Crippen LogP contribution >= 0.6 is 11.6 Å². The molecule has 0 saturated carbocycles. The van der Waals surface area contributed by atoms with E-state index in [0.717, 1.165) is 5.56 Å². The Labute approximate surface area is 161 Å². The van der Waals surface area contributed by atoms with Gasteiger partial charge in [0.15, 0.2) is 0 Å². The number of halogens is 1. The van der Waals surface area contributed by atoms with Crippen LogP contribution in [0.2, 0.25) is 5.02 Å². The van der Waals surface area contributed by atoms with Crippen molar-refractivity contribution in [3.63, 3.8) is 0 Å². The first-order chi connectivity index (χ1) is 13.1. The fourth-order valence-corrected chi connectivity index (χ4v) is 2.45. The van der Waals surface area contributed by atoms with Crippen molar-refractivity contribution < 1.29 is 14.3 Å². The fourth-order valence-electron chi connectivity index (χ4n) is 2.23. The molecule has 6 heteroatoms. The van der Waals surface area contributed by atoms with Crippen molar-refractivity contribution in [2.75, 3.05) is 0 Å². The molecule has 0 fully saturated rings. The molecule has 0 saturated heterocycles. The highest BCUT2D eigenvalue weighted by atomic mass is 35.5. The summed E-state index contributed by atoms with van der Waals surface area (Å²) < 4.78 is 5.30. The van der Waals surface area contributed by atoms with Gasteiger partial charge in [-0.3, -0.25) is 4.79 Å². The third kappa shape index (κ3) is 5.03. The van der Waals surface area contributed by atoms with Crippen LogP contribution in [0.5, 0.6) is 5.75 Å². The maximum absolute atomic E-state index is 12.0. The summed E-state index contributed by atoms with van der Waals surface area (Å²) in [6.07, 6.45) is 1.48. The molecule has 0 bridgehead atoms. The minimum atomic E-state index is -0.427. The number of hydrazone groups is 1. The van der Waals surface area contributed by atoms with Gasteiger partial charge in [-0.2, -0.15) is 5.10 Å². The van der Waals surface area contributed by atoms with E-state index in [0.29, 0.717) is 21.9 Å². The summed E-state index contributed by atoms with van der Waals surface area (Å²) in [4.78, 5) is 24.0. The van der Waals surface area contributed by atoms with Crippen LogP contribution in [0.25, 0.3) is 0 Å². The van der Waals surface area contributed by atoms with E-state index in [-0.39, 0.29) is 0 Å². The smallest absolute Gasteiger partial charge is 0.343 e. The highest BCUT2D eigenvalue weighted by Gasteiger charge is 2.08. The van der Waals surface area contributed by atoms with Gasteiger partial charge in [0.1, 0.15) is 5.75 Å². The van der Waals surface area contributed by atoms with E-state index >= 15 is 0 Å². The topological polar surface area (TPSA) is 67.8 Å². The minimum absolute atomic E-state index is 0.347. The van der Waals surface area contributed by atoms with Crippen molar-refractivity contribution in [3.05, 3.63) is 101 Å². The van der Waals surface area contributed by atoms with Crippen LogP contribution in [0.1, 0.15) is 26.3 Å². The van der Waals surface area contributed by atoms with E-state index in [9.17, 15) is 9.59 Å². The van der Waals surface area contributed by atoms with Crippen molar-refractivity contribution in [1.29, 1.82) is 0 Å². The first-order valence-electron chi connectivity index (χ1n) is 8.09. The summed E-state index contributed by atoms with van der Waals surface area (Å²) in [5.41, 5.74) is 3.97. The van der Waals surface area contributed by atoms with Gasteiger partial charge in [0.2, 0.25) is 0 Å². The van der Waals surface area contributed by atoms with Crippen LogP contribution in [-0.2, 0) is 0 Å². The first kappa shape index (κ1) is 18.4. The second kappa shape index (κ2) is 8.78. The van der Waals surface area contributed by atoms with Crippen molar-refractivity contribution in [3.8, 4) is 5.75 Å². The number of amides is 1. The van der Waals surface area contributed by atoms with E-state index in [4.69, 9.17) is 16.3 Å². The lowest BCUT2D eigenvalue weighted by atomic mass is 10.2. The lowest BCUT2D eigenvalue weighted by molar-refractivity contribution is 0.0734. The molecule has 0 aliphatic heterocycles. The molecule has 1 N–H and O–H groups in total. The maximum Gasteiger partial charge on any atom is 0.343 e. The monoisotopic (exact) mass is 378 g/mol. The SMILES string of the molecule is O=C(Oc1ccc(/C=N/NC(=O)c2ccccc2Cl)cc1)c1ccccc1. The molecule has 134 valence electrons. The Morgan fingerprint density at radius 2 is 1.56 bits per heavy atom. The number of hydrogen-bond acceptors (Lipinski definition) is 4. The zero-order chi connectivity index (χ0) is 19.1. The van der Waals surface area contributed by atoms with Crippen molar-refractivity contribution in [1.82, 2.24) is 5.43 Å². The van der Waals surface area contributed by atoms with E-state index in [1.165, 1.54) is 6.21 Å². The van der Waals surface area contributed by atoms with Gasteiger partial charge in [0, 0.05) is 0 Å². The number of nitrogens with one attached hydrogen (secondary N) is 1. The Kier molecular flexibility index (Phi) is 5.97. The van der Waals surface area contributed by atoms with E-state index < -0.39 is 11.9 Å². The molecule has 0 unspecified atom stereocenters. The van der Waals surface area contributed by atoms with Crippen molar-refractivity contribution in [2.24, 2.45) is 5.10 Å². The summed E-state index contributed by atoms with van der Waals surface area (Å²) >= 11 is 5.96. The summed E-state index contributed by atoms with van der Waals surface area (Å²) in [6.45, 7) is 0. The van der Waals surface area contributed by atoms with Crippen LogP contribution in [-0.4, -0.2) is 18.1 Å². The zero-order valence-corrected chi connectivity index (χ0v) is 14.9. The standard InChI is InChI=1S/C21H15ClN2O3/c22-19-9-5-4-8-18(19)20(25)24-23-14-15-10-12-17(13-11-15)27-21(26)16-6-2-1-3-7-16/h1-14H,(H,24,25)/b23-14+. The van der Waals surface area contributed by atoms with Gasteiger partial charge in [-0.15, -0.1) is 0 Å².